The van der Waals surface area contributed by atoms with Gasteiger partial charge < -0.3 is 9.09 Å². The fourth-order valence-corrected chi connectivity index (χ4v) is 2.64. The Kier molecular flexibility index (Phi) is 4.48. The first-order valence-electron chi connectivity index (χ1n) is 6.99. The summed E-state index contributed by atoms with van der Waals surface area (Å²) in [7, 11) is 1.73. The maximum absolute atomic E-state index is 12.1. The molecule has 2 aromatic heterocycles. The summed E-state index contributed by atoms with van der Waals surface area (Å²) in [6.45, 7) is 0. The molecule has 0 spiro atoms. The predicted octanol–water partition coefficient (Wildman–Crippen LogP) is 2.52. The van der Waals surface area contributed by atoms with Gasteiger partial charge in [0.25, 0.3) is 11.8 Å². The van der Waals surface area contributed by atoms with Crippen LogP contribution in [0.2, 0.25) is 0 Å². The predicted molar refractivity (Wildman–Crippen MR) is 90.0 cm³/mol. The minimum atomic E-state index is -0.567. The molecule has 0 saturated carbocycles. The van der Waals surface area contributed by atoms with Crippen molar-refractivity contribution in [3.8, 4) is 11.3 Å². The van der Waals surface area contributed by atoms with Gasteiger partial charge in [0.15, 0.2) is 11.5 Å². The number of nitrogens with zero attached hydrogens (tertiary/aromatic N) is 2. The molecule has 0 aliphatic heterocycles. The van der Waals surface area contributed by atoms with Gasteiger partial charge >= 0.3 is 0 Å². The quantitative estimate of drug-likeness (QED) is 0.674. The second kappa shape index (κ2) is 6.71. The normalized spacial score (nSPS) is 10.4. The maximum atomic E-state index is 12.1. The number of hydrogen-bond donors (Lipinski definition) is 2. The number of aryl methyl sites for hydroxylation is 1. The van der Waals surface area contributed by atoms with Gasteiger partial charge in [0.05, 0.1) is 0 Å². The standard InChI is InChI=1S/C16H13BrN4O3/c1-21-9-11(17)7-13(21)16(23)19-18-15(22)12-8-14(24-20-12)10-5-3-2-4-6-10/h2-9H,1H3,(H,18,22)(H,19,23). The van der Waals surface area contributed by atoms with Crippen LogP contribution in [0.25, 0.3) is 11.3 Å². The third-order valence-electron chi connectivity index (χ3n) is 3.29. The van der Waals surface area contributed by atoms with Gasteiger partial charge in [0.1, 0.15) is 5.69 Å². The second-order valence-electron chi connectivity index (χ2n) is 5.01. The van der Waals surface area contributed by atoms with Crippen LogP contribution in [-0.4, -0.2) is 21.5 Å². The molecule has 0 fully saturated rings. The Morgan fingerprint density at radius 2 is 1.83 bits per heavy atom. The summed E-state index contributed by atoms with van der Waals surface area (Å²) >= 11 is 3.28. The number of hydrazine groups is 1. The summed E-state index contributed by atoms with van der Waals surface area (Å²) < 4.78 is 7.55. The molecule has 7 nitrogen and oxygen atoms in total. The van der Waals surface area contributed by atoms with Crippen molar-refractivity contribution >= 4 is 27.7 Å². The summed E-state index contributed by atoms with van der Waals surface area (Å²) in [4.78, 5) is 24.1. The van der Waals surface area contributed by atoms with E-state index in [0.717, 1.165) is 10.0 Å². The van der Waals surface area contributed by atoms with Crippen molar-refractivity contribution in [2.45, 2.75) is 0 Å². The molecule has 2 heterocycles. The van der Waals surface area contributed by atoms with E-state index in [0.29, 0.717) is 11.5 Å². The molecule has 0 saturated heterocycles. The number of benzene rings is 1. The van der Waals surface area contributed by atoms with Crippen molar-refractivity contribution in [3.63, 3.8) is 0 Å². The van der Waals surface area contributed by atoms with E-state index in [9.17, 15) is 9.59 Å². The van der Waals surface area contributed by atoms with Gasteiger partial charge in [0, 0.05) is 29.3 Å². The zero-order valence-corrected chi connectivity index (χ0v) is 14.2. The first-order chi connectivity index (χ1) is 11.5. The fourth-order valence-electron chi connectivity index (χ4n) is 2.11. The number of carbonyl (C=O) groups is 2. The molecule has 2 amide bonds. The molecular formula is C16H13BrN4O3. The topological polar surface area (TPSA) is 89.2 Å². The van der Waals surface area contributed by atoms with E-state index in [2.05, 4.69) is 31.9 Å². The van der Waals surface area contributed by atoms with Crippen LogP contribution >= 0.6 is 15.9 Å². The van der Waals surface area contributed by atoms with Gasteiger partial charge in [-0.25, -0.2) is 0 Å². The fraction of sp³-hybridized carbons (Fsp3) is 0.0625. The van der Waals surface area contributed by atoms with Crippen LogP contribution in [0.15, 0.2) is 57.7 Å². The molecule has 1 aromatic carbocycles. The van der Waals surface area contributed by atoms with Gasteiger partial charge in [0.2, 0.25) is 0 Å². The summed E-state index contributed by atoms with van der Waals surface area (Å²) in [6.07, 6.45) is 1.74. The van der Waals surface area contributed by atoms with E-state index in [1.54, 1.807) is 23.9 Å². The van der Waals surface area contributed by atoms with Crippen LogP contribution in [0.1, 0.15) is 21.0 Å². The van der Waals surface area contributed by atoms with Crippen LogP contribution < -0.4 is 10.9 Å². The summed E-state index contributed by atoms with van der Waals surface area (Å²) in [5.74, 6) is -0.538. The lowest BCUT2D eigenvalue weighted by atomic mass is 10.1. The van der Waals surface area contributed by atoms with Crippen molar-refractivity contribution in [3.05, 3.63) is 64.5 Å². The molecule has 122 valence electrons. The second-order valence-corrected chi connectivity index (χ2v) is 5.92. The first kappa shape index (κ1) is 16.0. The van der Waals surface area contributed by atoms with E-state index in [4.69, 9.17) is 4.52 Å². The number of amides is 2. The highest BCUT2D eigenvalue weighted by atomic mass is 79.9. The molecule has 0 bridgehead atoms. The molecule has 3 aromatic rings. The SMILES string of the molecule is Cn1cc(Br)cc1C(=O)NNC(=O)c1cc(-c2ccccc2)on1. The molecule has 8 heteroatoms. The van der Waals surface area contributed by atoms with E-state index in [1.165, 1.54) is 6.07 Å². The van der Waals surface area contributed by atoms with Crippen LogP contribution in [0.4, 0.5) is 0 Å². The average Bonchev–Trinajstić information content (AvgIpc) is 3.20. The van der Waals surface area contributed by atoms with Crippen LogP contribution in [0.5, 0.6) is 0 Å². The zero-order valence-electron chi connectivity index (χ0n) is 12.6. The smallest absolute Gasteiger partial charge is 0.291 e. The number of nitrogens with one attached hydrogen (secondary N) is 2. The molecule has 0 aliphatic carbocycles. The molecular weight excluding hydrogens is 376 g/mol. The molecule has 0 unspecified atom stereocenters. The first-order valence-corrected chi connectivity index (χ1v) is 7.78. The molecule has 3 rings (SSSR count). The summed E-state index contributed by atoms with van der Waals surface area (Å²) in [6, 6.07) is 12.4. The van der Waals surface area contributed by atoms with Gasteiger partial charge in [-0.15, -0.1) is 0 Å². The Balaban J connectivity index is 1.64. The Labute approximate surface area is 145 Å². The maximum Gasteiger partial charge on any atom is 0.291 e. The largest absolute Gasteiger partial charge is 0.355 e. The van der Waals surface area contributed by atoms with Crippen molar-refractivity contribution in [1.29, 1.82) is 0 Å². The van der Waals surface area contributed by atoms with E-state index in [1.807, 2.05) is 30.3 Å². The average molecular weight is 389 g/mol. The monoisotopic (exact) mass is 388 g/mol. The highest BCUT2D eigenvalue weighted by Gasteiger charge is 2.16. The lowest BCUT2D eigenvalue weighted by molar-refractivity contribution is 0.0837. The number of carbonyl (C=O) groups excluding carboxylic acids is 2. The Morgan fingerprint density at radius 1 is 1.12 bits per heavy atom. The van der Waals surface area contributed by atoms with E-state index >= 15 is 0 Å². The molecule has 2 N–H and O–H groups in total. The molecule has 24 heavy (non-hydrogen) atoms. The van der Waals surface area contributed by atoms with Crippen molar-refractivity contribution in [2.75, 3.05) is 0 Å². The summed E-state index contributed by atoms with van der Waals surface area (Å²) in [5, 5.41) is 3.71. The van der Waals surface area contributed by atoms with E-state index in [-0.39, 0.29) is 5.69 Å². The van der Waals surface area contributed by atoms with Crippen LogP contribution in [-0.2, 0) is 7.05 Å². The van der Waals surface area contributed by atoms with Gasteiger partial charge in [-0.05, 0) is 22.0 Å². The number of halogens is 1. The van der Waals surface area contributed by atoms with Crippen LogP contribution in [0, 0.1) is 0 Å². The lowest BCUT2D eigenvalue weighted by Gasteiger charge is -2.06. The van der Waals surface area contributed by atoms with Crippen molar-refractivity contribution in [2.24, 2.45) is 7.05 Å². The van der Waals surface area contributed by atoms with Gasteiger partial charge in [-0.2, -0.15) is 0 Å². The third kappa shape index (κ3) is 3.38. The lowest BCUT2D eigenvalue weighted by Crippen LogP contribution is -2.42. The van der Waals surface area contributed by atoms with Crippen molar-refractivity contribution in [1.82, 2.24) is 20.6 Å². The number of rotatable bonds is 3. The van der Waals surface area contributed by atoms with Crippen LogP contribution in [0.3, 0.4) is 0 Å². The minimum Gasteiger partial charge on any atom is -0.355 e. The third-order valence-corrected chi connectivity index (χ3v) is 3.73. The van der Waals surface area contributed by atoms with Gasteiger partial charge in [-0.3, -0.25) is 20.4 Å². The molecule has 0 aliphatic rings. The number of hydrogen-bond acceptors (Lipinski definition) is 4. The van der Waals surface area contributed by atoms with Gasteiger partial charge in [-0.1, -0.05) is 35.5 Å². The van der Waals surface area contributed by atoms with E-state index < -0.39 is 11.8 Å². The summed E-state index contributed by atoms with van der Waals surface area (Å²) in [5.41, 5.74) is 5.92. The number of aromatic nitrogens is 2. The molecule has 0 radical (unpaired) electrons. The minimum absolute atomic E-state index is 0.0715. The Hall–Kier alpha value is -2.87. The highest BCUT2D eigenvalue weighted by Crippen LogP contribution is 2.19. The Bertz CT molecular complexity index is 886. The highest BCUT2D eigenvalue weighted by molar-refractivity contribution is 9.10. The Morgan fingerprint density at radius 3 is 2.50 bits per heavy atom. The van der Waals surface area contributed by atoms with Crippen molar-refractivity contribution < 1.29 is 14.1 Å². The molecule has 0 atom stereocenters. The zero-order chi connectivity index (χ0) is 17.1.